The van der Waals surface area contributed by atoms with Crippen molar-refractivity contribution >= 4 is 35.6 Å². The minimum absolute atomic E-state index is 0. The van der Waals surface area contributed by atoms with E-state index in [-0.39, 0.29) is 30.0 Å². The highest BCUT2D eigenvalue weighted by Gasteiger charge is 2.25. The van der Waals surface area contributed by atoms with Crippen LogP contribution in [0, 0.1) is 18.6 Å². The van der Waals surface area contributed by atoms with Crippen molar-refractivity contribution in [1.82, 2.24) is 25.4 Å². The number of halogens is 3. The lowest BCUT2D eigenvalue weighted by Crippen LogP contribution is -2.45. The van der Waals surface area contributed by atoms with Crippen LogP contribution < -0.4 is 15.5 Å². The van der Waals surface area contributed by atoms with Gasteiger partial charge in [-0.25, -0.2) is 13.8 Å². The van der Waals surface area contributed by atoms with Gasteiger partial charge in [-0.1, -0.05) is 13.3 Å². The summed E-state index contributed by atoms with van der Waals surface area (Å²) in [7, 11) is 1.92. The van der Waals surface area contributed by atoms with E-state index in [9.17, 15) is 8.78 Å². The number of rotatable bonds is 7. The van der Waals surface area contributed by atoms with Gasteiger partial charge in [0.15, 0.2) is 11.8 Å². The Morgan fingerprint density at radius 1 is 1.30 bits per heavy atom. The lowest BCUT2D eigenvalue weighted by Gasteiger charge is -2.21. The van der Waals surface area contributed by atoms with Crippen LogP contribution in [-0.4, -0.2) is 46.4 Å². The maximum absolute atomic E-state index is 14.1. The van der Waals surface area contributed by atoms with Gasteiger partial charge < -0.3 is 20.1 Å². The van der Waals surface area contributed by atoms with E-state index >= 15 is 0 Å². The average Bonchev–Trinajstić information content (AvgIpc) is 3.27. The van der Waals surface area contributed by atoms with Gasteiger partial charge in [0, 0.05) is 38.8 Å². The first-order valence-corrected chi connectivity index (χ1v) is 10.1. The molecular formula is C20H30F2IN7. The van der Waals surface area contributed by atoms with Crippen LogP contribution in [0.2, 0.25) is 0 Å². The number of aryl methyl sites for hydroxylation is 1. The summed E-state index contributed by atoms with van der Waals surface area (Å²) >= 11 is 0. The summed E-state index contributed by atoms with van der Waals surface area (Å²) in [6, 6.07) is 3.84. The summed E-state index contributed by atoms with van der Waals surface area (Å²) in [5, 5.41) is 15.0. The van der Waals surface area contributed by atoms with Gasteiger partial charge in [0.2, 0.25) is 0 Å². The molecule has 1 atom stereocenters. The first kappa shape index (κ1) is 24.3. The molecule has 0 aliphatic carbocycles. The molecule has 2 N–H and O–H groups in total. The molecule has 0 radical (unpaired) electrons. The minimum atomic E-state index is -0.561. The molecule has 1 fully saturated rings. The molecule has 10 heteroatoms. The van der Waals surface area contributed by atoms with Crippen molar-refractivity contribution in [3.05, 3.63) is 41.5 Å². The number of nitrogens with one attached hydrogen (secondary N) is 2. The van der Waals surface area contributed by atoms with Gasteiger partial charge >= 0.3 is 0 Å². The number of benzene rings is 1. The molecule has 1 aromatic carbocycles. The Kier molecular flexibility index (Phi) is 9.25. The Morgan fingerprint density at radius 2 is 2.10 bits per heavy atom. The average molecular weight is 533 g/mol. The molecule has 1 aliphatic rings. The van der Waals surface area contributed by atoms with Gasteiger partial charge in [-0.05, 0) is 31.9 Å². The number of hydrogen-bond donors (Lipinski definition) is 2. The molecule has 1 saturated heterocycles. The van der Waals surface area contributed by atoms with Crippen LogP contribution >= 0.6 is 24.0 Å². The van der Waals surface area contributed by atoms with Gasteiger partial charge in [-0.15, -0.1) is 34.2 Å². The van der Waals surface area contributed by atoms with Crippen molar-refractivity contribution in [2.24, 2.45) is 12.0 Å². The zero-order valence-electron chi connectivity index (χ0n) is 17.7. The molecule has 30 heavy (non-hydrogen) atoms. The molecule has 0 spiro atoms. The highest BCUT2D eigenvalue weighted by atomic mass is 127. The second kappa shape index (κ2) is 11.4. The molecule has 0 saturated carbocycles. The summed E-state index contributed by atoms with van der Waals surface area (Å²) in [4.78, 5) is 6.59. The number of unbranched alkanes of at least 4 members (excludes halogenated alkanes) is 1. The van der Waals surface area contributed by atoms with Gasteiger partial charge in [0.1, 0.15) is 24.0 Å². The van der Waals surface area contributed by atoms with Crippen LogP contribution in [0.15, 0.2) is 23.2 Å². The van der Waals surface area contributed by atoms with Crippen LogP contribution in [-0.2, 0) is 13.6 Å². The van der Waals surface area contributed by atoms with Crippen LogP contribution in [0.3, 0.4) is 0 Å². The second-order valence-corrected chi connectivity index (χ2v) is 7.34. The Bertz CT molecular complexity index is 856. The van der Waals surface area contributed by atoms with E-state index in [1.807, 2.05) is 23.4 Å². The zero-order valence-corrected chi connectivity index (χ0v) is 20.0. The molecular weight excluding hydrogens is 503 g/mol. The Labute approximate surface area is 193 Å². The van der Waals surface area contributed by atoms with E-state index in [0.29, 0.717) is 31.3 Å². The number of aromatic nitrogens is 3. The third-order valence-electron chi connectivity index (χ3n) is 5.16. The number of nitrogens with zero attached hydrogens (tertiary/aromatic N) is 5. The summed E-state index contributed by atoms with van der Waals surface area (Å²) in [5.41, 5.74) is 0.433. The van der Waals surface area contributed by atoms with Gasteiger partial charge in [0.25, 0.3) is 0 Å². The minimum Gasteiger partial charge on any atom is -0.367 e. The summed E-state index contributed by atoms with van der Waals surface area (Å²) in [6.45, 7) is 6.61. The standard InChI is InChI=1S/C20H29F2N7.HI/c1-4-5-9-23-20(24-12-19-27-26-14(2)28(19)3)25-16-8-10-29(13-16)18-7-6-15(21)11-17(18)22;/h6-7,11,16H,4-5,8-10,12-13H2,1-3H3,(H2,23,24,25);1H. The summed E-state index contributed by atoms with van der Waals surface area (Å²) < 4.78 is 29.2. The van der Waals surface area contributed by atoms with Gasteiger partial charge in [0.05, 0.1) is 5.69 Å². The fraction of sp³-hybridized carbons (Fsp3) is 0.550. The van der Waals surface area contributed by atoms with Crippen molar-refractivity contribution < 1.29 is 8.78 Å². The molecule has 7 nitrogen and oxygen atoms in total. The van der Waals surface area contributed by atoms with Gasteiger partial charge in [-0.3, -0.25) is 0 Å². The van der Waals surface area contributed by atoms with E-state index in [2.05, 4.69) is 32.7 Å². The van der Waals surface area contributed by atoms with Crippen LogP contribution in [0.25, 0.3) is 0 Å². The smallest absolute Gasteiger partial charge is 0.191 e. The largest absolute Gasteiger partial charge is 0.367 e. The van der Waals surface area contributed by atoms with E-state index in [1.165, 1.54) is 12.1 Å². The van der Waals surface area contributed by atoms with Gasteiger partial charge in [-0.2, -0.15) is 0 Å². The van der Waals surface area contributed by atoms with Crippen LogP contribution in [0.4, 0.5) is 14.5 Å². The summed E-state index contributed by atoms with van der Waals surface area (Å²) in [5.74, 6) is 1.26. The van der Waals surface area contributed by atoms with E-state index < -0.39 is 11.6 Å². The number of hydrogen-bond acceptors (Lipinski definition) is 4. The second-order valence-electron chi connectivity index (χ2n) is 7.34. The molecule has 0 bridgehead atoms. The lowest BCUT2D eigenvalue weighted by atomic mass is 10.2. The van der Waals surface area contributed by atoms with E-state index in [0.717, 1.165) is 43.5 Å². The zero-order chi connectivity index (χ0) is 20.8. The topological polar surface area (TPSA) is 70.4 Å². The Balaban J connectivity index is 0.00000320. The third-order valence-corrected chi connectivity index (χ3v) is 5.16. The number of aliphatic imine (C=N–C) groups is 1. The molecule has 3 rings (SSSR count). The van der Waals surface area contributed by atoms with E-state index in [4.69, 9.17) is 0 Å². The normalized spacial score (nSPS) is 16.5. The maximum Gasteiger partial charge on any atom is 0.191 e. The first-order valence-electron chi connectivity index (χ1n) is 10.1. The quantitative estimate of drug-likeness (QED) is 0.248. The fourth-order valence-corrected chi connectivity index (χ4v) is 3.30. The molecule has 0 amide bonds. The SMILES string of the molecule is CCCCNC(=NCc1nnc(C)n1C)NC1CCN(c2ccc(F)cc2F)C1.I. The fourth-order valence-electron chi connectivity index (χ4n) is 3.30. The molecule has 2 heterocycles. The molecule has 166 valence electrons. The van der Waals surface area contributed by atoms with Crippen molar-refractivity contribution in [3.8, 4) is 0 Å². The van der Waals surface area contributed by atoms with Crippen LogP contribution in [0.1, 0.15) is 37.8 Å². The van der Waals surface area contributed by atoms with Crippen molar-refractivity contribution in [1.29, 1.82) is 0 Å². The molecule has 1 aromatic heterocycles. The molecule has 1 unspecified atom stereocenters. The predicted molar refractivity (Wildman–Crippen MR) is 125 cm³/mol. The summed E-state index contributed by atoms with van der Waals surface area (Å²) in [6.07, 6.45) is 2.97. The molecule has 2 aromatic rings. The first-order chi connectivity index (χ1) is 14.0. The Morgan fingerprint density at radius 3 is 2.77 bits per heavy atom. The number of guanidine groups is 1. The number of anilines is 1. The van der Waals surface area contributed by atoms with E-state index in [1.54, 1.807) is 0 Å². The van der Waals surface area contributed by atoms with Crippen molar-refractivity contribution in [2.45, 2.75) is 45.7 Å². The Hall–Kier alpha value is -1.98. The lowest BCUT2D eigenvalue weighted by molar-refractivity contribution is 0.580. The monoisotopic (exact) mass is 533 g/mol. The highest BCUT2D eigenvalue weighted by Crippen LogP contribution is 2.24. The van der Waals surface area contributed by atoms with Crippen LogP contribution in [0.5, 0.6) is 0 Å². The highest BCUT2D eigenvalue weighted by molar-refractivity contribution is 14.0. The van der Waals surface area contributed by atoms with Crippen molar-refractivity contribution in [3.63, 3.8) is 0 Å². The van der Waals surface area contributed by atoms with Crippen molar-refractivity contribution in [2.75, 3.05) is 24.5 Å². The maximum atomic E-state index is 14.1. The predicted octanol–water partition coefficient (Wildman–Crippen LogP) is 3.13. The third kappa shape index (κ3) is 6.26. The molecule has 1 aliphatic heterocycles.